The number of aromatic nitrogens is 2. The quantitative estimate of drug-likeness (QED) is 0.0965. The van der Waals surface area contributed by atoms with E-state index in [1.54, 1.807) is 0 Å². The second-order valence-corrected chi connectivity index (χ2v) is 30.3. The highest BCUT2D eigenvalue weighted by Crippen LogP contribution is 2.56. The molecule has 0 saturated carbocycles. The summed E-state index contributed by atoms with van der Waals surface area (Å²) in [6, 6.07) is 64.1. The maximum Gasteiger partial charge on any atom is 0.145 e. The molecule has 0 fully saturated rings. The highest BCUT2D eigenvalue weighted by atomic mass is 16.5. The second-order valence-electron chi connectivity index (χ2n) is 30.3. The predicted molar refractivity (Wildman–Crippen MR) is 402 cm³/mol. The number of anilines is 4. The Balaban J connectivity index is 1.05. The fraction of sp³-hybridized carbons (Fsp3) is 0.330. The highest BCUT2D eigenvalue weighted by molar-refractivity contribution is 6.24. The monoisotopic (exact) mass is 1240 g/mol. The lowest BCUT2D eigenvalue weighted by molar-refractivity contribution is 0.483. The van der Waals surface area contributed by atoms with Gasteiger partial charge in [-0.3, -0.25) is 4.57 Å². The predicted octanol–water partition coefficient (Wildman–Crippen LogP) is 26.4. The fourth-order valence-corrected chi connectivity index (χ4v) is 14.9. The standard InChI is InChI=1S/C88H96N4O2/c1-50(2)58-42-72(54(9)10)83(73(43-58)55(11)12)70-29-25-30-71(84-74(56(13)14)44-59(51(3)4)45-75(84)57(15)16)86(70)91-49-90(76-31-21-22-32-77(76)91)62-40-60(82-65(52(5)6)27-24-28-66(82)53(7)8)41-64(47-62)93-63-34-35-69-79(48-63)92(81-46-61(38-39-89-81)88(17,18)19)78-37-36-68-67-26-20-23-33-80(67)94-87(68)85(69)78/h20-48,50-57H,49H2,1-19H3. The van der Waals surface area contributed by atoms with Crippen LogP contribution in [0.2, 0.25) is 0 Å². The van der Waals surface area contributed by atoms with E-state index < -0.39 is 0 Å². The molecular formula is C88H96N4O2. The van der Waals surface area contributed by atoms with Gasteiger partial charge in [0.1, 0.15) is 35.2 Å². The Labute approximate surface area is 559 Å². The van der Waals surface area contributed by atoms with Crippen LogP contribution in [0, 0.1) is 0 Å². The maximum absolute atomic E-state index is 7.50. The van der Waals surface area contributed by atoms with E-state index in [9.17, 15) is 0 Å². The molecule has 0 spiro atoms. The minimum Gasteiger partial charge on any atom is -0.457 e. The van der Waals surface area contributed by atoms with Crippen molar-refractivity contribution in [2.75, 3.05) is 16.5 Å². The summed E-state index contributed by atoms with van der Waals surface area (Å²) in [5.74, 6) is 4.80. The normalized spacial score (nSPS) is 13.1. The van der Waals surface area contributed by atoms with E-state index in [4.69, 9.17) is 14.1 Å². The summed E-state index contributed by atoms with van der Waals surface area (Å²) in [5, 5.41) is 4.32. The number of furan rings is 1. The smallest absolute Gasteiger partial charge is 0.145 e. The van der Waals surface area contributed by atoms with Crippen molar-refractivity contribution in [3.63, 3.8) is 0 Å². The van der Waals surface area contributed by atoms with Gasteiger partial charge in [-0.05, 0) is 192 Å². The van der Waals surface area contributed by atoms with Crippen LogP contribution in [-0.2, 0) is 5.41 Å². The molecule has 0 aliphatic carbocycles. The first kappa shape index (κ1) is 63.9. The molecule has 12 aromatic rings. The lowest BCUT2D eigenvalue weighted by Crippen LogP contribution is -2.25. The average Bonchev–Trinajstić information content (AvgIpc) is 1.49. The van der Waals surface area contributed by atoms with Crippen molar-refractivity contribution in [3.8, 4) is 50.7 Å². The first-order chi connectivity index (χ1) is 44.9. The number of benzene rings is 9. The molecular weight excluding hydrogens is 1140 g/mol. The number of para-hydroxylation sites is 4. The van der Waals surface area contributed by atoms with Gasteiger partial charge in [0.15, 0.2) is 0 Å². The Hall–Kier alpha value is -8.87. The van der Waals surface area contributed by atoms with Crippen LogP contribution in [0.15, 0.2) is 180 Å². The van der Waals surface area contributed by atoms with E-state index in [-0.39, 0.29) is 40.9 Å². The minimum absolute atomic E-state index is 0.0932. The van der Waals surface area contributed by atoms with Crippen LogP contribution in [0.1, 0.15) is 229 Å². The number of nitrogens with zero attached hydrogens (tertiary/aromatic N) is 4. The highest BCUT2D eigenvalue weighted by Gasteiger charge is 2.35. The molecule has 0 saturated heterocycles. The summed E-state index contributed by atoms with van der Waals surface area (Å²) in [6.45, 7) is 45.1. The van der Waals surface area contributed by atoms with E-state index >= 15 is 0 Å². The van der Waals surface area contributed by atoms with Crippen LogP contribution in [0.5, 0.6) is 11.5 Å². The molecule has 0 atom stereocenters. The van der Waals surface area contributed by atoms with Gasteiger partial charge < -0.3 is 19.0 Å². The van der Waals surface area contributed by atoms with Gasteiger partial charge in [0, 0.05) is 51.3 Å². The molecule has 4 heterocycles. The third-order valence-corrected chi connectivity index (χ3v) is 20.0. The zero-order chi connectivity index (χ0) is 66.5. The number of fused-ring (bicyclic) bond motifs is 8. The Bertz CT molecular complexity index is 4700. The van der Waals surface area contributed by atoms with Crippen LogP contribution in [0.25, 0.3) is 82.9 Å². The molecule has 480 valence electrons. The summed E-state index contributed by atoms with van der Waals surface area (Å²) in [6.07, 6.45) is 1.95. The Kier molecular flexibility index (Phi) is 16.8. The summed E-state index contributed by atoms with van der Waals surface area (Å²) in [4.78, 5) is 10.3. The van der Waals surface area contributed by atoms with Crippen molar-refractivity contribution in [2.24, 2.45) is 0 Å². The van der Waals surface area contributed by atoms with Crippen LogP contribution in [0.3, 0.4) is 0 Å². The molecule has 0 amide bonds. The lowest BCUT2D eigenvalue weighted by Gasteiger charge is -2.32. The molecule has 0 N–H and O–H groups in total. The molecule has 0 bridgehead atoms. The molecule has 13 rings (SSSR count). The largest absolute Gasteiger partial charge is 0.457 e. The molecule has 6 heteroatoms. The lowest BCUT2D eigenvalue weighted by atomic mass is 9.78. The van der Waals surface area contributed by atoms with Gasteiger partial charge in [0.25, 0.3) is 0 Å². The average molecular weight is 1240 g/mol. The number of ether oxygens (including phenoxy) is 1. The van der Waals surface area contributed by atoms with Crippen LogP contribution in [-0.4, -0.2) is 16.2 Å². The van der Waals surface area contributed by atoms with Crippen LogP contribution in [0.4, 0.5) is 22.7 Å². The maximum atomic E-state index is 7.50. The van der Waals surface area contributed by atoms with Gasteiger partial charge in [-0.1, -0.05) is 223 Å². The number of hydrogen-bond donors (Lipinski definition) is 0. The van der Waals surface area contributed by atoms with E-state index in [0.29, 0.717) is 18.5 Å². The molecule has 0 unspecified atom stereocenters. The van der Waals surface area contributed by atoms with E-state index in [1.807, 2.05) is 12.3 Å². The van der Waals surface area contributed by atoms with Gasteiger partial charge in [-0.15, -0.1) is 0 Å². The molecule has 1 aliphatic heterocycles. The SMILES string of the molecule is CC(C)c1cc(C(C)C)c(-c2cccc(-c3c(C(C)C)cc(C(C)C)cc3C(C)C)c2N2CN(c3cc(Oc4ccc5c6c7oc8ccccc8c7ccc6n(-c6cc(C(C)(C)C)ccn6)c5c4)cc(-c4c(C(C)C)cccc4C(C)C)c3)c3ccccc32)c(C(C)C)c1. The third kappa shape index (κ3) is 11.3. The Morgan fingerprint density at radius 1 is 0.426 bits per heavy atom. The first-order valence-corrected chi connectivity index (χ1v) is 34.8. The molecule has 0 radical (unpaired) electrons. The molecule has 94 heavy (non-hydrogen) atoms. The van der Waals surface area contributed by atoms with Crippen molar-refractivity contribution >= 4 is 66.5 Å². The zero-order valence-corrected chi connectivity index (χ0v) is 59.2. The summed E-state index contributed by atoms with van der Waals surface area (Å²) in [7, 11) is 0. The van der Waals surface area contributed by atoms with Gasteiger partial charge in [-0.25, -0.2) is 4.98 Å². The topological polar surface area (TPSA) is 46.7 Å². The van der Waals surface area contributed by atoms with E-state index in [1.165, 1.54) is 89.3 Å². The second kappa shape index (κ2) is 24.8. The Morgan fingerprint density at radius 2 is 0.957 bits per heavy atom. The number of hydrogen-bond acceptors (Lipinski definition) is 5. The van der Waals surface area contributed by atoms with Gasteiger partial charge in [0.2, 0.25) is 0 Å². The summed E-state index contributed by atoms with van der Waals surface area (Å²) >= 11 is 0. The van der Waals surface area contributed by atoms with Crippen molar-refractivity contribution < 1.29 is 9.15 Å². The summed E-state index contributed by atoms with van der Waals surface area (Å²) in [5.41, 5.74) is 28.2. The number of rotatable bonds is 16. The molecule has 3 aromatic heterocycles. The minimum atomic E-state index is -0.0932. The van der Waals surface area contributed by atoms with Crippen molar-refractivity contribution in [2.45, 2.75) is 184 Å². The van der Waals surface area contributed by atoms with Crippen LogP contribution < -0.4 is 14.5 Å². The first-order valence-electron chi connectivity index (χ1n) is 34.8. The zero-order valence-electron chi connectivity index (χ0n) is 59.2. The van der Waals surface area contributed by atoms with E-state index in [0.717, 1.165) is 78.0 Å². The summed E-state index contributed by atoms with van der Waals surface area (Å²) < 4.78 is 16.6. The molecule has 9 aromatic carbocycles. The third-order valence-electron chi connectivity index (χ3n) is 20.0. The van der Waals surface area contributed by atoms with Gasteiger partial charge in [0.05, 0.1) is 33.5 Å². The van der Waals surface area contributed by atoms with Crippen molar-refractivity contribution in [1.82, 2.24) is 9.55 Å². The fourth-order valence-electron chi connectivity index (χ4n) is 14.9. The van der Waals surface area contributed by atoms with E-state index in [2.05, 4.69) is 310 Å². The Morgan fingerprint density at radius 3 is 1.51 bits per heavy atom. The molecule has 1 aliphatic rings. The van der Waals surface area contributed by atoms with Gasteiger partial charge in [-0.2, -0.15) is 0 Å². The van der Waals surface area contributed by atoms with Crippen molar-refractivity contribution in [1.29, 1.82) is 0 Å². The molecule has 6 nitrogen and oxygen atoms in total. The number of pyridine rings is 1. The van der Waals surface area contributed by atoms with Gasteiger partial charge >= 0.3 is 0 Å². The van der Waals surface area contributed by atoms with Crippen molar-refractivity contribution in [3.05, 3.63) is 226 Å². The van der Waals surface area contributed by atoms with Crippen LogP contribution >= 0.6 is 0 Å².